The molecule has 2 rings (SSSR count). The standard InChI is InChI=1S/C14H11ClO2/c1-10-5-6-14(13(15)7-10)17-12-4-2-3-11(8-12)9-16/h2-9H,1H3. The zero-order valence-electron chi connectivity index (χ0n) is 9.31. The maximum atomic E-state index is 10.6. The number of carbonyl (C=O) groups is 1. The normalized spacial score (nSPS) is 10.0. The summed E-state index contributed by atoms with van der Waals surface area (Å²) in [7, 11) is 0. The van der Waals surface area contributed by atoms with Crippen LogP contribution in [0.1, 0.15) is 15.9 Å². The van der Waals surface area contributed by atoms with Crippen molar-refractivity contribution in [3.05, 3.63) is 58.6 Å². The van der Waals surface area contributed by atoms with Crippen LogP contribution in [0.25, 0.3) is 0 Å². The first-order chi connectivity index (χ1) is 8.19. The summed E-state index contributed by atoms with van der Waals surface area (Å²) in [6, 6.07) is 12.5. The van der Waals surface area contributed by atoms with E-state index in [4.69, 9.17) is 16.3 Å². The molecule has 2 aromatic rings. The fourth-order valence-corrected chi connectivity index (χ4v) is 1.74. The number of hydrogen-bond acceptors (Lipinski definition) is 2. The third kappa shape index (κ3) is 2.86. The average Bonchev–Trinajstić information content (AvgIpc) is 2.33. The van der Waals surface area contributed by atoms with Crippen molar-refractivity contribution in [3.63, 3.8) is 0 Å². The van der Waals surface area contributed by atoms with Gasteiger partial charge in [0.15, 0.2) is 0 Å². The molecule has 0 N–H and O–H groups in total. The number of ether oxygens (including phenoxy) is 1. The smallest absolute Gasteiger partial charge is 0.150 e. The molecule has 0 spiro atoms. The van der Waals surface area contributed by atoms with Gasteiger partial charge in [-0.05, 0) is 36.8 Å². The fourth-order valence-electron chi connectivity index (χ4n) is 1.47. The highest BCUT2D eigenvalue weighted by atomic mass is 35.5. The van der Waals surface area contributed by atoms with Gasteiger partial charge in [-0.2, -0.15) is 0 Å². The van der Waals surface area contributed by atoms with E-state index in [1.165, 1.54) is 0 Å². The Morgan fingerprint density at radius 3 is 2.71 bits per heavy atom. The Balaban J connectivity index is 2.27. The second-order valence-corrected chi connectivity index (χ2v) is 4.13. The van der Waals surface area contributed by atoms with Crippen LogP contribution >= 0.6 is 11.6 Å². The van der Waals surface area contributed by atoms with E-state index in [2.05, 4.69) is 0 Å². The van der Waals surface area contributed by atoms with Crippen LogP contribution in [0.4, 0.5) is 0 Å². The Morgan fingerprint density at radius 1 is 1.18 bits per heavy atom. The largest absolute Gasteiger partial charge is 0.456 e. The second-order valence-electron chi connectivity index (χ2n) is 3.73. The Kier molecular flexibility index (Phi) is 3.45. The SMILES string of the molecule is Cc1ccc(Oc2cccc(C=O)c2)c(Cl)c1. The van der Waals surface area contributed by atoms with Crippen molar-refractivity contribution in [2.45, 2.75) is 6.92 Å². The highest BCUT2D eigenvalue weighted by Gasteiger charge is 2.03. The van der Waals surface area contributed by atoms with Gasteiger partial charge in [0.25, 0.3) is 0 Å². The third-order valence-corrected chi connectivity index (χ3v) is 2.60. The Bertz CT molecular complexity index is 550. The van der Waals surface area contributed by atoms with Gasteiger partial charge in [-0.25, -0.2) is 0 Å². The average molecular weight is 247 g/mol. The van der Waals surface area contributed by atoms with E-state index in [9.17, 15) is 4.79 Å². The molecule has 0 saturated carbocycles. The lowest BCUT2D eigenvalue weighted by Crippen LogP contribution is -1.87. The Labute approximate surface area is 105 Å². The van der Waals surface area contributed by atoms with Crippen molar-refractivity contribution in [2.75, 3.05) is 0 Å². The van der Waals surface area contributed by atoms with E-state index >= 15 is 0 Å². The predicted molar refractivity (Wildman–Crippen MR) is 68.1 cm³/mol. The number of hydrogen-bond donors (Lipinski definition) is 0. The molecule has 0 saturated heterocycles. The van der Waals surface area contributed by atoms with Crippen LogP contribution in [0.3, 0.4) is 0 Å². The molecule has 2 nitrogen and oxygen atoms in total. The first-order valence-electron chi connectivity index (χ1n) is 5.18. The van der Waals surface area contributed by atoms with E-state index in [1.807, 2.05) is 25.1 Å². The van der Waals surface area contributed by atoms with E-state index in [-0.39, 0.29) is 0 Å². The minimum Gasteiger partial charge on any atom is -0.456 e. The summed E-state index contributed by atoms with van der Waals surface area (Å²) in [5.74, 6) is 1.18. The molecular formula is C14H11ClO2. The van der Waals surface area contributed by atoms with Gasteiger partial charge in [-0.3, -0.25) is 4.79 Å². The van der Waals surface area contributed by atoms with Crippen molar-refractivity contribution in [1.29, 1.82) is 0 Å². The van der Waals surface area contributed by atoms with Crippen molar-refractivity contribution >= 4 is 17.9 Å². The lowest BCUT2D eigenvalue weighted by atomic mass is 10.2. The molecule has 0 bridgehead atoms. The van der Waals surface area contributed by atoms with Crippen LogP contribution in [-0.4, -0.2) is 6.29 Å². The van der Waals surface area contributed by atoms with E-state index in [0.717, 1.165) is 11.8 Å². The number of rotatable bonds is 3. The molecule has 0 aromatic heterocycles. The molecule has 0 amide bonds. The lowest BCUT2D eigenvalue weighted by molar-refractivity contribution is 0.112. The molecule has 0 aliphatic heterocycles. The first-order valence-corrected chi connectivity index (χ1v) is 5.56. The minimum absolute atomic E-state index is 0.557. The quantitative estimate of drug-likeness (QED) is 0.757. The van der Waals surface area contributed by atoms with Gasteiger partial charge in [0.05, 0.1) is 5.02 Å². The molecule has 0 aliphatic carbocycles. The molecule has 0 aliphatic rings. The number of aryl methyl sites for hydroxylation is 1. The zero-order valence-corrected chi connectivity index (χ0v) is 10.1. The monoisotopic (exact) mass is 246 g/mol. The maximum absolute atomic E-state index is 10.6. The Morgan fingerprint density at radius 2 is 2.00 bits per heavy atom. The van der Waals surface area contributed by atoms with Gasteiger partial charge in [-0.15, -0.1) is 0 Å². The lowest BCUT2D eigenvalue weighted by Gasteiger charge is -2.08. The summed E-state index contributed by atoms with van der Waals surface area (Å²) in [6.45, 7) is 1.96. The number of carbonyl (C=O) groups excluding carboxylic acids is 1. The highest BCUT2D eigenvalue weighted by Crippen LogP contribution is 2.30. The van der Waals surface area contributed by atoms with E-state index in [1.54, 1.807) is 24.3 Å². The summed E-state index contributed by atoms with van der Waals surface area (Å²) in [5.41, 5.74) is 1.65. The van der Waals surface area contributed by atoms with Gasteiger partial charge in [0, 0.05) is 5.56 Å². The molecule has 0 fully saturated rings. The Hall–Kier alpha value is -1.80. The highest BCUT2D eigenvalue weighted by molar-refractivity contribution is 6.32. The first kappa shape index (κ1) is 11.7. The van der Waals surface area contributed by atoms with Gasteiger partial charge in [0.1, 0.15) is 17.8 Å². The number of aldehydes is 1. The van der Waals surface area contributed by atoms with Gasteiger partial charge in [0.2, 0.25) is 0 Å². The summed E-state index contributed by atoms with van der Waals surface area (Å²) in [4.78, 5) is 10.6. The van der Waals surface area contributed by atoms with Crippen molar-refractivity contribution in [3.8, 4) is 11.5 Å². The molecule has 17 heavy (non-hydrogen) atoms. The molecular weight excluding hydrogens is 236 g/mol. The second kappa shape index (κ2) is 5.02. The molecule has 86 valence electrons. The van der Waals surface area contributed by atoms with Crippen molar-refractivity contribution in [1.82, 2.24) is 0 Å². The van der Waals surface area contributed by atoms with Crippen LogP contribution in [0.2, 0.25) is 5.02 Å². The van der Waals surface area contributed by atoms with Crippen LogP contribution in [0, 0.1) is 6.92 Å². The molecule has 0 unspecified atom stereocenters. The molecule has 0 radical (unpaired) electrons. The minimum atomic E-state index is 0.557. The van der Waals surface area contributed by atoms with Crippen LogP contribution in [0.5, 0.6) is 11.5 Å². The topological polar surface area (TPSA) is 26.3 Å². The fraction of sp³-hybridized carbons (Fsp3) is 0.0714. The van der Waals surface area contributed by atoms with E-state index in [0.29, 0.717) is 22.1 Å². The number of benzene rings is 2. The van der Waals surface area contributed by atoms with Crippen LogP contribution in [0.15, 0.2) is 42.5 Å². The van der Waals surface area contributed by atoms with Crippen LogP contribution in [-0.2, 0) is 0 Å². The summed E-state index contributed by atoms with van der Waals surface area (Å²) < 4.78 is 5.62. The van der Waals surface area contributed by atoms with Gasteiger partial charge in [-0.1, -0.05) is 29.8 Å². The summed E-state index contributed by atoms with van der Waals surface area (Å²) in [6.07, 6.45) is 0.781. The van der Waals surface area contributed by atoms with E-state index < -0.39 is 0 Å². The van der Waals surface area contributed by atoms with Crippen molar-refractivity contribution < 1.29 is 9.53 Å². The van der Waals surface area contributed by atoms with Gasteiger partial charge >= 0.3 is 0 Å². The molecule has 2 aromatic carbocycles. The molecule has 0 atom stereocenters. The van der Waals surface area contributed by atoms with Gasteiger partial charge < -0.3 is 4.74 Å². The van der Waals surface area contributed by atoms with Crippen molar-refractivity contribution in [2.24, 2.45) is 0 Å². The summed E-state index contributed by atoms with van der Waals surface area (Å²) in [5, 5.41) is 0.557. The number of halogens is 1. The third-order valence-electron chi connectivity index (χ3n) is 2.31. The maximum Gasteiger partial charge on any atom is 0.150 e. The molecule has 3 heteroatoms. The summed E-state index contributed by atoms with van der Waals surface area (Å²) >= 11 is 6.06. The zero-order chi connectivity index (χ0) is 12.3. The van der Waals surface area contributed by atoms with Crippen LogP contribution < -0.4 is 4.74 Å². The predicted octanol–water partition coefficient (Wildman–Crippen LogP) is 4.25. The molecule has 0 heterocycles.